The fourth-order valence-corrected chi connectivity index (χ4v) is 3.21. The molecule has 0 saturated heterocycles. The fraction of sp³-hybridized carbons (Fsp3) is 0.167. The minimum Gasteiger partial charge on any atom is -0.352 e. The summed E-state index contributed by atoms with van der Waals surface area (Å²) in [4.78, 5) is 12.9. The molecule has 0 aromatic heterocycles. The number of rotatable bonds is 6. The van der Waals surface area contributed by atoms with Crippen LogP contribution in [0.15, 0.2) is 53.4 Å². The smallest absolute Gasteiger partial charge is 0.294 e. The molecule has 5 nitrogen and oxygen atoms in total. The number of carbonyl (C=O) groups excluding carboxylic acids is 1. The van der Waals surface area contributed by atoms with Crippen molar-refractivity contribution in [3.05, 3.63) is 65.2 Å². The van der Waals surface area contributed by atoms with E-state index < -0.39 is 10.1 Å². The monoisotopic (exact) mass is 409 g/mol. The van der Waals surface area contributed by atoms with Crippen molar-refractivity contribution < 1.29 is 17.8 Å². The van der Waals surface area contributed by atoms with Gasteiger partial charge in [0.25, 0.3) is 16.0 Å². The molecule has 2 aromatic rings. The Hall–Kier alpha value is -1.74. The SMILES string of the molecule is CCCNC(=O)c1ccc(C(S)=C(S)c2ccc(S(=O)(=O)O)cc2)cc1. The lowest BCUT2D eigenvalue weighted by atomic mass is 10.1. The Labute approximate surface area is 164 Å². The van der Waals surface area contributed by atoms with Gasteiger partial charge in [0.15, 0.2) is 0 Å². The number of hydrogen-bond acceptors (Lipinski definition) is 5. The maximum Gasteiger partial charge on any atom is 0.294 e. The second-order valence-corrected chi connectivity index (χ2v) is 7.85. The number of benzene rings is 2. The summed E-state index contributed by atoms with van der Waals surface area (Å²) in [5.74, 6) is -0.130. The minimum absolute atomic E-state index is 0.130. The van der Waals surface area contributed by atoms with Crippen LogP contribution in [-0.4, -0.2) is 25.4 Å². The normalized spacial score (nSPS) is 12.5. The van der Waals surface area contributed by atoms with Gasteiger partial charge in [-0.25, -0.2) is 0 Å². The van der Waals surface area contributed by atoms with E-state index in [1.807, 2.05) is 6.92 Å². The van der Waals surface area contributed by atoms with Gasteiger partial charge >= 0.3 is 0 Å². The molecule has 0 aliphatic carbocycles. The van der Waals surface area contributed by atoms with E-state index in [1.165, 1.54) is 24.3 Å². The fourth-order valence-electron chi connectivity index (χ4n) is 2.18. The molecule has 2 rings (SSSR count). The van der Waals surface area contributed by atoms with Crippen molar-refractivity contribution in [3.8, 4) is 0 Å². The Kier molecular flexibility index (Phi) is 6.94. The quantitative estimate of drug-likeness (QED) is 0.333. The lowest BCUT2D eigenvalue weighted by Gasteiger charge is -2.09. The summed E-state index contributed by atoms with van der Waals surface area (Å²) in [6.07, 6.45) is 0.868. The van der Waals surface area contributed by atoms with Gasteiger partial charge in [-0.1, -0.05) is 31.2 Å². The molecule has 2 aromatic carbocycles. The number of hydrogen-bond donors (Lipinski definition) is 4. The van der Waals surface area contributed by atoms with E-state index in [0.29, 0.717) is 27.5 Å². The van der Waals surface area contributed by atoms with Crippen LogP contribution in [0.5, 0.6) is 0 Å². The average Bonchev–Trinajstić information content (AvgIpc) is 2.64. The molecule has 0 aliphatic rings. The van der Waals surface area contributed by atoms with Gasteiger partial charge in [-0.3, -0.25) is 9.35 Å². The van der Waals surface area contributed by atoms with Crippen LogP contribution in [0.2, 0.25) is 0 Å². The third kappa shape index (κ3) is 5.14. The number of amides is 1. The van der Waals surface area contributed by atoms with Crippen LogP contribution in [0.3, 0.4) is 0 Å². The van der Waals surface area contributed by atoms with E-state index >= 15 is 0 Å². The maximum absolute atomic E-state index is 11.9. The molecule has 0 heterocycles. The summed E-state index contributed by atoms with van der Waals surface area (Å²) in [5, 5.41) is 2.81. The van der Waals surface area contributed by atoms with Gasteiger partial charge in [0.1, 0.15) is 0 Å². The van der Waals surface area contributed by atoms with Crippen molar-refractivity contribution in [1.29, 1.82) is 0 Å². The third-order valence-corrected chi connectivity index (χ3v) is 5.61. The zero-order valence-electron chi connectivity index (χ0n) is 14.0. The van der Waals surface area contributed by atoms with Gasteiger partial charge in [-0.2, -0.15) is 8.42 Å². The number of carbonyl (C=O) groups is 1. The molecule has 0 unspecified atom stereocenters. The first kappa shape index (κ1) is 20.6. The highest BCUT2D eigenvalue weighted by Gasteiger charge is 2.11. The summed E-state index contributed by atoms with van der Waals surface area (Å²) in [5.41, 5.74) is 1.97. The molecule has 26 heavy (non-hydrogen) atoms. The van der Waals surface area contributed by atoms with E-state index in [1.54, 1.807) is 24.3 Å². The molecule has 1 amide bonds. The van der Waals surface area contributed by atoms with Crippen LogP contribution < -0.4 is 5.32 Å². The standard InChI is InChI=1S/C18H19NO4S3/c1-2-11-19-18(20)14-5-3-12(4-6-14)16(24)17(25)13-7-9-15(10-8-13)26(21,22)23/h3-10,24-25H,2,11H2,1H3,(H,19,20)(H,21,22,23). The van der Waals surface area contributed by atoms with Gasteiger partial charge in [-0.05, 0) is 41.8 Å². The van der Waals surface area contributed by atoms with Crippen LogP contribution in [0.25, 0.3) is 9.81 Å². The van der Waals surface area contributed by atoms with Crippen LogP contribution in [0.4, 0.5) is 0 Å². The van der Waals surface area contributed by atoms with E-state index in [4.69, 9.17) is 4.55 Å². The van der Waals surface area contributed by atoms with Crippen LogP contribution >= 0.6 is 25.3 Å². The van der Waals surface area contributed by atoms with Gasteiger partial charge in [0.05, 0.1) is 4.90 Å². The van der Waals surface area contributed by atoms with Crippen molar-refractivity contribution in [1.82, 2.24) is 5.32 Å². The highest BCUT2D eigenvalue weighted by molar-refractivity contribution is 7.96. The lowest BCUT2D eigenvalue weighted by Crippen LogP contribution is -2.23. The molecule has 138 valence electrons. The first-order valence-corrected chi connectivity index (χ1v) is 10.2. The maximum atomic E-state index is 11.9. The summed E-state index contributed by atoms with van der Waals surface area (Å²) in [7, 11) is -4.24. The van der Waals surface area contributed by atoms with Crippen molar-refractivity contribution in [2.75, 3.05) is 6.54 Å². The Morgan fingerprint density at radius 1 is 0.923 bits per heavy atom. The molecule has 0 bridgehead atoms. The van der Waals surface area contributed by atoms with Crippen molar-refractivity contribution >= 4 is 51.1 Å². The molecule has 0 atom stereocenters. The Morgan fingerprint density at radius 2 is 1.35 bits per heavy atom. The first-order chi connectivity index (χ1) is 12.2. The van der Waals surface area contributed by atoms with Crippen molar-refractivity contribution in [2.24, 2.45) is 0 Å². The van der Waals surface area contributed by atoms with E-state index in [0.717, 1.165) is 12.0 Å². The number of thiol groups is 2. The van der Waals surface area contributed by atoms with Gasteiger partial charge in [-0.15, -0.1) is 25.3 Å². The van der Waals surface area contributed by atoms with Crippen LogP contribution in [0.1, 0.15) is 34.8 Å². The summed E-state index contributed by atoms with van der Waals surface area (Å²) < 4.78 is 31.2. The average molecular weight is 410 g/mol. The summed E-state index contributed by atoms with van der Waals surface area (Å²) in [6, 6.07) is 12.6. The zero-order chi connectivity index (χ0) is 19.3. The second kappa shape index (κ2) is 8.77. The van der Waals surface area contributed by atoms with Crippen molar-refractivity contribution in [2.45, 2.75) is 18.2 Å². The third-order valence-electron chi connectivity index (χ3n) is 3.61. The van der Waals surface area contributed by atoms with Crippen LogP contribution in [-0.2, 0) is 10.1 Å². The van der Waals surface area contributed by atoms with Crippen LogP contribution in [0, 0.1) is 0 Å². The zero-order valence-corrected chi connectivity index (χ0v) is 16.6. The molecule has 0 aliphatic heterocycles. The largest absolute Gasteiger partial charge is 0.352 e. The van der Waals surface area contributed by atoms with E-state index in [2.05, 4.69) is 30.6 Å². The molecule has 0 saturated carbocycles. The Balaban J connectivity index is 2.25. The van der Waals surface area contributed by atoms with E-state index in [-0.39, 0.29) is 10.8 Å². The molecular weight excluding hydrogens is 390 g/mol. The van der Waals surface area contributed by atoms with Gasteiger partial charge in [0.2, 0.25) is 0 Å². The Bertz CT molecular complexity index is 918. The Morgan fingerprint density at radius 3 is 1.77 bits per heavy atom. The minimum atomic E-state index is -4.24. The predicted molar refractivity (Wildman–Crippen MR) is 110 cm³/mol. The van der Waals surface area contributed by atoms with Gasteiger partial charge in [0, 0.05) is 21.9 Å². The predicted octanol–water partition coefficient (Wildman–Crippen LogP) is 3.76. The highest BCUT2D eigenvalue weighted by atomic mass is 32.2. The molecule has 0 radical (unpaired) electrons. The second-order valence-electron chi connectivity index (χ2n) is 5.53. The summed E-state index contributed by atoms with van der Waals surface area (Å²) >= 11 is 8.94. The molecule has 0 spiro atoms. The molecule has 0 fully saturated rings. The highest BCUT2D eigenvalue weighted by Crippen LogP contribution is 2.32. The molecular formula is C18H19NO4S3. The van der Waals surface area contributed by atoms with E-state index in [9.17, 15) is 13.2 Å². The summed E-state index contributed by atoms with van der Waals surface area (Å²) in [6.45, 7) is 2.61. The van der Waals surface area contributed by atoms with Gasteiger partial charge < -0.3 is 5.32 Å². The molecule has 2 N–H and O–H groups in total. The topological polar surface area (TPSA) is 83.5 Å². The molecule has 8 heteroatoms. The van der Waals surface area contributed by atoms with Crippen molar-refractivity contribution in [3.63, 3.8) is 0 Å². The number of nitrogens with one attached hydrogen (secondary N) is 1. The first-order valence-electron chi connectivity index (χ1n) is 7.82. The lowest BCUT2D eigenvalue weighted by molar-refractivity contribution is 0.0953.